The van der Waals surface area contributed by atoms with Crippen molar-refractivity contribution in [1.82, 2.24) is 0 Å². The second kappa shape index (κ2) is 3.23. The molecule has 0 aliphatic carbocycles. The van der Waals surface area contributed by atoms with Gasteiger partial charge in [0.15, 0.2) is 0 Å². The maximum atomic E-state index is 10.8. The Morgan fingerprint density at radius 1 is 1.62 bits per heavy atom. The largest absolute Gasteiger partial charge is 0.545 e. The summed E-state index contributed by atoms with van der Waals surface area (Å²) >= 11 is 0. The highest BCUT2D eigenvalue weighted by Crippen LogP contribution is 1.91. The van der Waals surface area contributed by atoms with Gasteiger partial charge in [0, 0.05) is 4.53 Å². The molecule has 0 saturated heterocycles. The molecule has 0 unspecified atom stereocenters. The molecule has 0 N–H and O–H groups in total. The van der Waals surface area contributed by atoms with Gasteiger partial charge in [-0.25, -0.2) is 9.74 Å². The van der Waals surface area contributed by atoms with Crippen LogP contribution in [0.3, 0.4) is 0 Å². The van der Waals surface area contributed by atoms with Crippen LogP contribution >= 0.6 is 0 Å². The Bertz CT molecular complexity index is 81.4. The quantitative estimate of drug-likeness (QED) is 0.493. The zero-order valence-electron chi connectivity index (χ0n) is 4.68. The smallest absolute Gasteiger partial charge is 0.429 e. The number of hydrogen-bond donors (Lipinski definition) is 0. The summed E-state index contributed by atoms with van der Waals surface area (Å²) < 4.78 is 14.9. The molecular formula is C4H7FO3. The molecule has 3 nitrogen and oxygen atoms in total. The van der Waals surface area contributed by atoms with Gasteiger partial charge in [0.1, 0.15) is 0 Å². The van der Waals surface area contributed by atoms with Crippen LogP contribution in [0.5, 0.6) is 0 Å². The predicted octanol–water partition coefficient (Wildman–Crippen LogP) is 1.43. The summed E-state index contributed by atoms with van der Waals surface area (Å²) in [5.74, 6) is 0. The van der Waals surface area contributed by atoms with E-state index in [0.717, 1.165) is 0 Å². The van der Waals surface area contributed by atoms with Gasteiger partial charge in [-0.15, -0.1) is 0 Å². The molecule has 0 radical (unpaired) electrons. The third kappa shape index (κ3) is 3.39. The van der Waals surface area contributed by atoms with Crippen LogP contribution < -0.4 is 0 Å². The van der Waals surface area contributed by atoms with E-state index in [9.17, 15) is 9.32 Å². The summed E-state index contributed by atoms with van der Waals surface area (Å²) in [6.45, 7) is 3.19. The average Bonchev–Trinajstić information content (AvgIpc) is 1.65. The summed E-state index contributed by atoms with van der Waals surface area (Å²) in [5.41, 5.74) is 0. The van der Waals surface area contributed by atoms with Gasteiger partial charge in [-0.3, -0.25) is 0 Å². The Labute approximate surface area is 46.3 Å². The van der Waals surface area contributed by atoms with Crippen molar-refractivity contribution in [2.24, 2.45) is 0 Å². The molecule has 0 atom stereocenters. The highest BCUT2D eigenvalue weighted by atomic mass is 19.3. The van der Waals surface area contributed by atoms with E-state index in [1.165, 1.54) is 0 Å². The van der Waals surface area contributed by atoms with E-state index in [4.69, 9.17) is 0 Å². The van der Waals surface area contributed by atoms with Crippen molar-refractivity contribution < 1.29 is 19.0 Å². The molecule has 0 aromatic rings. The first-order valence-electron chi connectivity index (χ1n) is 2.16. The molecule has 0 saturated carbocycles. The molecule has 0 rings (SSSR count). The Kier molecular flexibility index (Phi) is 2.91. The van der Waals surface area contributed by atoms with Crippen LogP contribution in [0.1, 0.15) is 13.8 Å². The molecule has 0 aliphatic heterocycles. The summed E-state index contributed by atoms with van der Waals surface area (Å²) in [6, 6.07) is 0. The van der Waals surface area contributed by atoms with Crippen LogP contribution in [0.2, 0.25) is 0 Å². The van der Waals surface area contributed by atoms with Gasteiger partial charge < -0.3 is 4.74 Å². The highest BCUT2D eigenvalue weighted by Gasteiger charge is 2.04. The summed E-state index contributed by atoms with van der Waals surface area (Å²) in [5, 5.41) is 0. The van der Waals surface area contributed by atoms with Gasteiger partial charge in [0.25, 0.3) is 0 Å². The van der Waals surface area contributed by atoms with Gasteiger partial charge in [-0.05, 0) is 13.8 Å². The number of carbonyl (C=O) groups is 1. The van der Waals surface area contributed by atoms with Crippen molar-refractivity contribution in [2.75, 3.05) is 0 Å². The van der Waals surface area contributed by atoms with Crippen LogP contribution in [0.15, 0.2) is 0 Å². The molecule has 8 heavy (non-hydrogen) atoms. The van der Waals surface area contributed by atoms with Crippen molar-refractivity contribution in [3.8, 4) is 0 Å². The van der Waals surface area contributed by atoms with Crippen LogP contribution in [-0.4, -0.2) is 12.3 Å². The number of rotatable bonds is 1. The lowest BCUT2D eigenvalue weighted by molar-refractivity contribution is -0.107. The molecule has 48 valence electrons. The van der Waals surface area contributed by atoms with Crippen molar-refractivity contribution >= 4 is 6.16 Å². The van der Waals surface area contributed by atoms with Gasteiger partial charge in [0.05, 0.1) is 6.10 Å². The maximum absolute atomic E-state index is 10.8. The van der Waals surface area contributed by atoms with Gasteiger partial charge >= 0.3 is 6.16 Å². The normalized spacial score (nSPS) is 9.00. The summed E-state index contributed by atoms with van der Waals surface area (Å²) in [6.07, 6.45) is -1.63. The molecule has 0 aromatic heterocycles. The lowest BCUT2D eigenvalue weighted by atomic mass is 10.5. The van der Waals surface area contributed by atoms with Gasteiger partial charge in [0.2, 0.25) is 0 Å². The zero-order valence-corrected chi connectivity index (χ0v) is 4.68. The molecule has 0 heterocycles. The minimum Gasteiger partial charge on any atom is -0.429 e. The minimum atomic E-state index is -1.29. The number of hydrogen-bond acceptors (Lipinski definition) is 3. The van der Waals surface area contributed by atoms with Crippen molar-refractivity contribution in [3.05, 3.63) is 0 Å². The standard InChI is InChI=1S/C4H7FO3/c1-3(2)7-4(6)8-5/h3H,1-2H3. The van der Waals surface area contributed by atoms with E-state index in [0.29, 0.717) is 0 Å². The molecule has 0 aliphatic rings. The fraction of sp³-hybridized carbons (Fsp3) is 0.750. The first-order chi connectivity index (χ1) is 3.66. The van der Waals surface area contributed by atoms with Crippen molar-refractivity contribution in [3.63, 3.8) is 0 Å². The van der Waals surface area contributed by atoms with E-state index >= 15 is 0 Å². The monoisotopic (exact) mass is 122 g/mol. The fourth-order valence-electron chi connectivity index (χ4n) is 0.211. The van der Waals surface area contributed by atoms with E-state index in [1.54, 1.807) is 13.8 Å². The highest BCUT2D eigenvalue weighted by molar-refractivity contribution is 5.59. The summed E-state index contributed by atoms with van der Waals surface area (Å²) in [4.78, 5) is 12.5. The predicted molar refractivity (Wildman–Crippen MR) is 23.8 cm³/mol. The first-order valence-corrected chi connectivity index (χ1v) is 2.16. The second-order valence-corrected chi connectivity index (χ2v) is 1.49. The average molecular weight is 122 g/mol. The van der Waals surface area contributed by atoms with E-state index in [2.05, 4.69) is 9.68 Å². The lowest BCUT2D eigenvalue weighted by Gasteiger charge is -2.01. The molecular weight excluding hydrogens is 115 g/mol. The SMILES string of the molecule is CC(C)OC(=O)OF. The molecule has 0 amide bonds. The summed E-state index contributed by atoms with van der Waals surface area (Å²) in [7, 11) is 0. The minimum absolute atomic E-state index is 0.335. The second-order valence-electron chi connectivity index (χ2n) is 1.49. The Balaban J connectivity index is 3.25. The Hall–Kier alpha value is -0.800. The molecule has 0 aromatic carbocycles. The molecule has 4 heteroatoms. The van der Waals surface area contributed by atoms with E-state index < -0.39 is 6.16 Å². The molecule has 0 spiro atoms. The third-order valence-corrected chi connectivity index (χ3v) is 0.395. The van der Waals surface area contributed by atoms with E-state index in [1.807, 2.05) is 0 Å². The van der Waals surface area contributed by atoms with Crippen LogP contribution in [-0.2, 0) is 9.68 Å². The van der Waals surface area contributed by atoms with Crippen LogP contribution in [0.4, 0.5) is 9.32 Å². The van der Waals surface area contributed by atoms with Gasteiger partial charge in [-0.2, -0.15) is 0 Å². The number of ether oxygens (including phenoxy) is 1. The number of halogens is 1. The topological polar surface area (TPSA) is 35.5 Å². The lowest BCUT2D eigenvalue weighted by Crippen LogP contribution is -2.09. The van der Waals surface area contributed by atoms with Crippen LogP contribution in [0.25, 0.3) is 0 Å². The van der Waals surface area contributed by atoms with Gasteiger partial charge in [-0.1, -0.05) is 0 Å². The molecule has 0 bridgehead atoms. The zero-order chi connectivity index (χ0) is 6.57. The fourth-order valence-corrected chi connectivity index (χ4v) is 0.211. The number of carbonyl (C=O) groups excluding carboxylic acids is 1. The Morgan fingerprint density at radius 3 is 2.25 bits per heavy atom. The Morgan fingerprint density at radius 2 is 2.12 bits per heavy atom. The first kappa shape index (κ1) is 7.20. The van der Waals surface area contributed by atoms with Crippen molar-refractivity contribution in [2.45, 2.75) is 20.0 Å². The maximum Gasteiger partial charge on any atom is 0.545 e. The van der Waals surface area contributed by atoms with Crippen LogP contribution in [0, 0.1) is 0 Å². The van der Waals surface area contributed by atoms with Crippen molar-refractivity contribution in [1.29, 1.82) is 0 Å². The molecule has 0 fully saturated rings. The van der Waals surface area contributed by atoms with E-state index in [-0.39, 0.29) is 6.10 Å². The third-order valence-electron chi connectivity index (χ3n) is 0.395.